The van der Waals surface area contributed by atoms with E-state index in [1.807, 2.05) is 12.1 Å². The highest BCUT2D eigenvalue weighted by Crippen LogP contribution is 2.28. The summed E-state index contributed by atoms with van der Waals surface area (Å²) in [5.41, 5.74) is 3.56. The summed E-state index contributed by atoms with van der Waals surface area (Å²) in [4.78, 5) is 0. The maximum absolute atomic E-state index is 6.51. The number of benzene rings is 2. The van der Waals surface area contributed by atoms with E-state index in [1.165, 1.54) is 11.1 Å². The number of halogens is 2. The van der Waals surface area contributed by atoms with Gasteiger partial charge in [-0.2, -0.15) is 0 Å². The molecule has 0 saturated carbocycles. The number of rotatable bonds is 4. The van der Waals surface area contributed by atoms with E-state index in [1.54, 1.807) is 7.11 Å². The topological polar surface area (TPSA) is 9.23 Å². The molecule has 2 rings (SSSR count). The first-order valence-corrected chi connectivity index (χ1v) is 7.35. The van der Waals surface area contributed by atoms with Crippen molar-refractivity contribution in [2.45, 2.75) is 18.7 Å². The van der Waals surface area contributed by atoms with Gasteiger partial charge in [-0.1, -0.05) is 34.1 Å². The van der Waals surface area contributed by atoms with Crippen LogP contribution in [0.5, 0.6) is 5.75 Å². The lowest BCUT2D eigenvalue weighted by Crippen LogP contribution is -1.97. The second-order valence-electron chi connectivity index (χ2n) is 4.58. The Morgan fingerprint density at radius 2 is 1.84 bits per heavy atom. The molecule has 0 aliphatic carbocycles. The number of aryl methyl sites for hydroxylation is 1. The molecule has 0 amide bonds. The van der Waals surface area contributed by atoms with Crippen LogP contribution in [0.3, 0.4) is 0 Å². The minimum absolute atomic E-state index is 0.0235. The van der Waals surface area contributed by atoms with E-state index < -0.39 is 0 Å². The van der Waals surface area contributed by atoms with Crippen molar-refractivity contribution >= 4 is 27.5 Å². The highest BCUT2D eigenvalue weighted by Gasteiger charge is 2.10. The smallest absolute Gasteiger partial charge is 0.118 e. The van der Waals surface area contributed by atoms with Gasteiger partial charge in [0.25, 0.3) is 0 Å². The van der Waals surface area contributed by atoms with Crippen molar-refractivity contribution in [3.8, 4) is 5.75 Å². The molecule has 1 nitrogen and oxygen atoms in total. The van der Waals surface area contributed by atoms with Gasteiger partial charge in [0.1, 0.15) is 5.75 Å². The molecule has 1 unspecified atom stereocenters. The number of ether oxygens (including phenoxy) is 1. The fraction of sp³-hybridized carbons (Fsp3) is 0.250. The van der Waals surface area contributed by atoms with Crippen LogP contribution in [0.2, 0.25) is 0 Å². The van der Waals surface area contributed by atoms with Crippen LogP contribution >= 0.6 is 27.5 Å². The second kappa shape index (κ2) is 6.44. The lowest BCUT2D eigenvalue weighted by molar-refractivity contribution is 0.414. The molecular weight excluding hydrogens is 324 g/mol. The molecule has 0 aliphatic rings. The molecule has 19 heavy (non-hydrogen) atoms. The van der Waals surface area contributed by atoms with Crippen molar-refractivity contribution in [2.75, 3.05) is 7.11 Å². The summed E-state index contributed by atoms with van der Waals surface area (Å²) in [5.74, 6) is 0.869. The minimum Gasteiger partial charge on any atom is -0.497 e. The Balaban J connectivity index is 2.13. The average molecular weight is 340 g/mol. The minimum atomic E-state index is -0.0235. The lowest BCUT2D eigenvalue weighted by Gasteiger charge is -2.12. The summed E-state index contributed by atoms with van der Waals surface area (Å²) in [6.07, 6.45) is 0.807. The van der Waals surface area contributed by atoms with E-state index in [2.05, 4.69) is 53.2 Å². The predicted molar refractivity (Wildman–Crippen MR) is 84.2 cm³/mol. The van der Waals surface area contributed by atoms with Crippen molar-refractivity contribution in [1.29, 1.82) is 0 Å². The molecule has 2 aromatic rings. The molecular formula is C16H16BrClO. The van der Waals surface area contributed by atoms with Crippen LogP contribution in [0.25, 0.3) is 0 Å². The molecule has 0 fully saturated rings. The first kappa shape index (κ1) is 14.4. The van der Waals surface area contributed by atoms with Gasteiger partial charge in [-0.25, -0.2) is 0 Å². The molecule has 3 heteroatoms. The zero-order valence-corrected chi connectivity index (χ0v) is 13.3. The van der Waals surface area contributed by atoms with Crippen molar-refractivity contribution in [3.63, 3.8) is 0 Å². The van der Waals surface area contributed by atoms with Gasteiger partial charge in [-0.15, -0.1) is 11.6 Å². The Bertz CT molecular complexity index is 531. The zero-order valence-electron chi connectivity index (χ0n) is 11.0. The van der Waals surface area contributed by atoms with E-state index in [-0.39, 0.29) is 5.38 Å². The van der Waals surface area contributed by atoms with Crippen LogP contribution < -0.4 is 4.74 Å². The first-order chi connectivity index (χ1) is 9.08. The Morgan fingerprint density at radius 3 is 2.42 bits per heavy atom. The molecule has 0 bridgehead atoms. The summed E-state index contributed by atoms with van der Waals surface area (Å²) >= 11 is 10.0. The molecule has 0 spiro atoms. The van der Waals surface area contributed by atoms with Gasteiger partial charge in [0.05, 0.1) is 12.5 Å². The largest absolute Gasteiger partial charge is 0.497 e. The summed E-state index contributed by atoms with van der Waals surface area (Å²) in [7, 11) is 1.67. The lowest BCUT2D eigenvalue weighted by atomic mass is 10.0. The van der Waals surface area contributed by atoms with Crippen molar-refractivity contribution in [1.82, 2.24) is 0 Å². The van der Waals surface area contributed by atoms with Gasteiger partial charge in [0.2, 0.25) is 0 Å². The Hall–Kier alpha value is -0.990. The van der Waals surface area contributed by atoms with Crippen LogP contribution in [0, 0.1) is 6.92 Å². The van der Waals surface area contributed by atoms with Crippen LogP contribution in [0.4, 0.5) is 0 Å². The van der Waals surface area contributed by atoms with Gasteiger partial charge in [-0.05, 0) is 54.3 Å². The monoisotopic (exact) mass is 338 g/mol. The Kier molecular flexibility index (Phi) is 4.89. The van der Waals surface area contributed by atoms with Crippen LogP contribution in [0.1, 0.15) is 22.1 Å². The number of methoxy groups -OCH3 is 1. The normalized spacial score (nSPS) is 12.2. The fourth-order valence-corrected chi connectivity index (χ4v) is 2.96. The maximum Gasteiger partial charge on any atom is 0.118 e. The quantitative estimate of drug-likeness (QED) is 0.688. The summed E-state index contributed by atoms with van der Waals surface area (Å²) < 4.78 is 6.22. The molecule has 0 radical (unpaired) electrons. The van der Waals surface area contributed by atoms with Crippen LogP contribution in [-0.2, 0) is 6.42 Å². The molecule has 0 saturated heterocycles. The zero-order chi connectivity index (χ0) is 13.8. The third-order valence-corrected chi connectivity index (χ3v) is 3.86. The van der Waals surface area contributed by atoms with Gasteiger partial charge < -0.3 is 4.74 Å². The van der Waals surface area contributed by atoms with Gasteiger partial charge >= 0.3 is 0 Å². The molecule has 0 N–H and O–H groups in total. The number of hydrogen-bond acceptors (Lipinski definition) is 1. The number of hydrogen-bond donors (Lipinski definition) is 0. The summed E-state index contributed by atoms with van der Waals surface area (Å²) in [6.45, 7) is 2.07. The molecule has 1 atom stereocenters. The predicted octanol–water partition coefficient (Wildman–Crippen LogP) is 5.29. The van der Waals surface area contributed by atoms with Gasteiger partial charge in [-0.3, -0.25) is 0 Å². The third kappa shape index (κ3) is 3.99. The molecule has 0 heterocycles. The summed E-state index contributed by atoms with van der Waals surface area (Å²) in [5, 5.41) is -0.0235. The van der Waals surface area contributed by atoms with Gasteiger partial charge in [0, 0.05) is 4.47 Å². The SMILES string of the molecule is COc1ccc(CC(Cl)c2cc(C)cc(Br)c2)cc1. The molecule has 0 aromatic heterocycles. The second-order valence-corrected chi connectivity index (χ2v) is 6.02. The van der Waals surface area contributed by atoms with E-state index >= 15 is 0 Å². The van der Waals surface area contributed by atoms with E-state index in [0.717, 1.165) is 22.2 Å². The third-order valence-electron chi connectivity index (χ3n) is 3.00. The van der Waals surface area contributed by atoms with E-state index in [4.69, 9.17) is 16.3 Å². The Morgan fingerprint density at radius 1 is 1.16 bits per heavy atom. The number of alkyl halides is 1. The highest BCUT2D eigenvalue weighted by molar-refractivity contribution is 9.10. The van der Waals surface area contributed by atoms with Crippen molar-refractivity contribution in [3.05, 3.63) is 63.6 Å². The summed E-state index contributed by atoms with van der Waals surface area (Å²) in [6, 6.07) is 14.3. The van der Waals surface area contributed by atoms with E-state index in [0.29, 0.717) is 0 Å². The van der Waals surface area contributed by atoms with E-state index in [9.17, 15) is 0 Å². The van der Waals surface area contributed by atoms with Crippen LogP contribution in [-0.4, -0.2) is 7.11 Å². The highest BCUT2D eigenvalue weighted by atomic mass is 79.9. The standard InChI is InChI=1S/C16H16BrClO/c1-11-7-13(10-14(17)8-11)16(18)9-12-3-5-15(19-2)6-4-12/h3-8,10,16H,9H2,1-2H3. The molecule has 2 aromatic carbocycles. The van der Waals surface area contributed by atoms with Crippen molar-refractivity contribution < 1.29 is 4.74 Å². The maximum atomic E-state index is 6.51. The van der Waals surface area contributed by atoms with Crippen LogP contribution in [0.15, 0.2) is 46.9 Å². The molecule has 100 valence electrons. The average Bonchev–Trinajstić information content (AvgIpc) is 2.38. The Labute approximate surface area is 127 Å². The first-order valence-electron chi connectivity index (χ1n) is 6.12. The van der Waals surface area contributed by atoms with Gasteiger partial charge in [0.15, 0.2) is 0 Å². The van der Waals surface area contributed by atoms with Crippen molar-refractivity contribution in [2.24, 2.45) is 0 Å². The molecule has 0 aliphatic heterocycles. The fourth-order valence-electron chi connectivity index (χ4n) is 2.03.